The van der Waals surface area contributed by atoms with Crippen molar-refractivity contribution < 1.29 is 4.79 Å². The summed E-state index contributed by atoms with van der Waals surface area (Å²) < 4.78 is 0.930. The monoisotopic (exact) mass is 375 g/mol. The largest absolute Gasteiger partial charge is 0.324 e. The van der Waals surface area contributed by atoms with E-state index in [0.29, 0.717) is 12.6 Å². The fourth-order valence-corrected chi connectivity index (χ4v) is 3.09. The number of hydrogen-bond donors (Lipinski definition) is 2. The summed E-state index contributed by atoms with van der Waals surface area (Å²) in [4.78, 5) is 14.3. The first-order valence-corrected chi connectivity index (χ1v) is 7.83. The molecule has 0 radical (unpaired) electrons. The van der Waals surface area contributed by atoms with Crippen LogP contribution in [-0.2, 0) is 4.79 Å². The first-order chi connectivity index (χ1) is 9.58. The summed E-state index contributed by atoms with van der Waals surface area (Å²) in [5.41, 5.74) is 2.01. The number of piperidine rings is 1. The van der Waals surface area contributed by atoms with E-state index in [2.05, 4.69) is 31.5 Å². The highest BCUT2D eigenvalue weighted by Crippen LogP contribution is 2.23. The number of nitrogens with one attached hydrogen (secondary N) is 2. The Morgan fingerprint density at radius 1 is 1.38 bits per heavy atom. The van der Waals surface area contributed by atoms with Crippen LogP contribution in [0.2, 0.25) is 0 Å². The zero-order chi connectivity index (χ0) is 14.5. The Morgan fingerprint density at radius 2 is 2.05 bits per heavy atom. The molecule has 0 atom stereocenters. The fraction of sp³-hybridized carbons (Fsp3) is 0.533. The molecule has 0 bridgehead atoms. The Kier molecular flexibility index (Phi) is 7.66. The van der Waals surface area contributed by atoms with Crippen LogP contribution >= 0.6 is 28.3 Å². The summed E-state index contributed by atoms with van der Waals surface area (Å²) in [7, 11) is 2.00. The van der Waals surface area contributed by atoms with Crippen molar-refractivity contribution in [1.29, 1.82) is 0 Å². The van der Waals surface area contributed by atoms with Crippen LogP contribution in [0.3, 0.4) is 0 Å². The van der Waals surface area contributed by atoms with E-state index in [9.17, 15) is 4.79 Å². The van der Waals surface area contributed by atoms with Gasteiger partial charge in [-0.1, -0.05) is 6.07 Å². The molecule has 0 spiro atoms. The number of aryl methyl sites for hydroxylation is 1. The van der Waals surface area contributed by atoms with Crippen molar-refractivity contribution in [2.45, 2.75) is 25.8 Å². The van der Waals surface area contributed by atoms with Gasteiger partial charge in [-0.05, 0) is 60.4 Å². The lowest BCUT2D eigenvalue weighted by Crippen LogP contribution is -2.44. The molecule has 4 nitrogen and oxygen atoms in total. The number of carbonyl (C=O) groups is 1. The average molecular weight is 377 g/mol. The normalized spacial score (nSPS) is 16.3. The maximum atomic E-state index is 12.1. The van der Waals surface area contributed by atoms with Crippen molar-refractivity contribution in [1.82, 2.24) is 10.2 Å². The summed E-state index contributed by atoms with van der Waals surface area (Å²) in [5, 5.41) is 6.26. The summed E-state index contributed by atoms with van der Waals surface area (Å²) in [6.45, 7) is 4.46. The number of halogens is 2. The number of carbonyl (C=O) groups excluding carboxylic acids is 1. The molecule has 0 aromatic heterocycles. The molecule has 1 aromatic carbocycles. The number of rotatable bonds is 4. The number of anilines is 1. The molecule has 6 heteroatoms. The maximum absolute atomic E-state index is 12.1. The minimum absolute atomic E-state index is 0. The lowest BCUT2D eigenvalue weighted by molar-refractivity contribution is -0.117. The predicted molar refractivity (Wildman–Crippen MR) is 93.3 cm³/mol. The second kappa shape index (κ2) is 8.73. The quantitative estimate of drug-likeness (QED) is 0.849. The summed E-state index contributed by atoms with van der Waals surface area (Å²) in [6.07, 6.45) is 2.22. The Morgan fingerprint density at radius 3 is 2.62 bits per heavy atom. The van der Waals surface area contributed by atoms with Crippen LogP contribution in [0.15, 0.2) is 22.7 Å². The van der Waals surface area contributed by atoms with Crippen molar-refractivity contribution in [3.63, 3.8) is 0 Å². The Labute approximate surface area is 141 Å². The molecule has 0 saturated carbocycles. The molecular formula is C15H23BrClN3O. The zero-order valence-corrected chi connectivity index (χ0v) is 14.9. The van der Waals surface area contributed by atoms with Crippen LogP contribution in [0.5, 0.6) is 0 Å². The molecule has 1 amide bonds. The zero-order valence-electron chi connectivity index (χ0n) is 12.5. The average Bonchev–Trinajstić information content (AvgIpc) is 2.43. The molecule has 1 aromatic rings. The lowest BCUT2D eigenvalue weighted by atomic mass is 10.1. The minimum Gasteiger partial charge on any atom is -0.324 e. The summed E-state index contributed by atoms with van der Waals surface area (Å²) in [5.74, 6) is 0.0532. The number of benzene rings is 1. The highest BCUT2D eigenvalue weighted by atomic mass is 79.9. The molecule has 1 aliphatic heterocycles. The lowest BCUT2D eigenvalue weighted by Gasteiger charge is -2.31. The van der Waals surface area contributed by atoms with Crippen LogP contribution in [0, 0.1) is 6.92 Å². The molecule has 1 aliphatic rings. The second-order valence-electron chi connectivity index (χ2n) is 5.37. The van der Waals surface area contributed by atoms with Gasteiger partial charge in [0, 0.05) is 23.6 Å². The van der Waals surface area contributed by atoms with E-state index in [0.717, 1.165) is 36.1 Å². The highest BCUT2D eigenvalue weighted by Gasteiger charge is 2.19. The summed E-state index contributed by atoms with van der Waals surface area (Å²) >= 11 is 3.48. The van der Waals surface area contributed by atoms with Crippen LogP contribution in [0.1, 0.15) is 18.4 Å². The van der Waals surface area contributed by atoms with Crippen LogP contribution in [0.4, 0.5) is 5.69 Å². The maximum Gasteiger partial charge on any atom is 0.238 e. The van der Waals surface area contributed by atoms with E-state index >= 15 is 0 Å². The molecule has 2 rings (SSSR count). The number of hydrogen-bond acceptors (Lipinski definition) is 3. The number of amides is 1. The number of likely N-dealkylation sites (tertiary alicyclic amines) is 1. The highest BCUT2D eigenvalue weighted by molar-refractivity contribution is 9.10. The molecular weight excluding hydrogens is 354 g/mol. The van der Waals surface area contributed by atoms with Crippen molar-refractivity contribution in [3.05, 3.63) is 28.2 Å². The van der Waals surface area contributed by atoms with Crippen molar-refractivity contribution in [3.8, 4) is 0 Å². The smallest absolute Gasteiger partial charge is 0.238 e. The van der Waals surface area contributed by atoms with E-state index in [1.807, 2.05) is 32.2 Å². The Hall–Kier alpha value is -0.620. The van der Waals surface area contributed by atoms with E-state index in [-0.39, 0.29) is 18.3 Å². The van der Waals surface area contributed by atoms with Crippen molar-refractivity contribution >= 4 is 39.9 Å². The van der Waals surface area contributed by atoms with Crippen molar-refractivity contribution in [2.75, 3.05) is 32.0 Å². The molecule has 118 valence electrons. The van der Waals surface area contributed by atoms with Gasteiger partial charge < -0.3 is 10.6 Å². The van der Waals surface area contributed by atoms with Crippen LogP contribution in [-0.4, -0.2) is 43.5 Å². The molecule has 21 heavy (non-hydrogen) atoms. The van der Waals surface area contributed by atoms with Gasteiger partial charge in [0.25, 0.3) is 0 Å². The molecule has 0 unspecified atom stereocenters. The van der Waals surface area contributed by atoms with E-state index in [1.165, 1.54) is 5.56 Å². The van der Waals surface area contributed by atoms with Gasteiger partial charge in [-0.2, -0.15) is 0 Å². The topological polar surface area (TPSA) is 44.4 Å². The second-order valence-corrected chi connectivity index (χ2v) is 6.22. The number of nitrogens with zero attached hydrogens (tertiary/aromatic N) is 1. The fourth-order valence-electron chi connectivity index (χ4n) is 2.49. The van der Waals surface area contributed by atoms with E-state index < -0.39 is 0 Å². The predicted octanol–water partition coefficient (Wildman–Crippen LogP) is 2.80. The molecule has 2 N–H and O–H groups in total. The van der Waals surface area contributed by atoms with Crippen LogP contribution < -0.4 is 10.6 Å². The first kappa shape index (κ1) is 18.4. The third-order valence-corrected chi connectivity index (χ3v) is 4.42. The molecule has 1 heterocycles. The van der Waals surface area contributed by atoms with E-state index in [1.54, 1.807) is 0 Å². The van der Waals surface area contributed by atoms with Gasteiger partial charge in [0.05, 0.1) is 12.2 Å². The van der Waals surface area contributed by atoms with Gasteiger partial charge in [-0.3, -0.25) is 9.69 Å². The van der Waals surface area contributed by atoms with Gasteiger partial charge >= 0.3 is 0 Å². The Balaban J connectivity index is 0.00000220. The van der Waals surface area contributed by atoms with Gasteiger partial charge in [0.2, 0.25) is 5.91 Å². The summed E-state index contributed by atoms with van der Waals surface area (Å²) in [6, 6.07) is 6.54. The van der Waals surface area contributed by atoms with Crippen LogP contribution in [0.25, 0.3) is 0 Å². The third-order valence-electron chi connectivity index (χ3n) is 3.76. The van der Waals surface area contributed by atoms with Gasteiger partial charge in [-0.15, -0.1) is 12.4 Å². The molecule has 0 aliphatic carbocycles. The van der Waals surface area contributed by atoms with Crippen molar-refractivity contribution in [2.24, 2.45) is 0 Å². The van der Waals surface area contributed by atoms with Gasteiger partial charge in [-0.25, -0.2) is 0 Å². The molecule has 1 fully saturated rings. The standard InChI is InChI=1S/C15H22BrN3O.ClH/c1-11-3-4-14(13(16)9-11)18-15(20)10-19-7-5-12(17-2)6-8-19;/h3-4,9,12,17H,5-8,10H2,1-2H3,(H,18,20);1H. The SMILES string of the molecule is CNC1CCN(CC(=O)Nc2ccc(C)cc2Br)CC1.Cl. The van der Waals surface area contributed by atoms with Gasteiger partial charge in [0.1, 0.15) is 0 Å². The van der Waals surface area contributed by atoms with Gasteiger partial charge in [0.15, 0.2) is 0 Å². The van der Waals surface area contributed by atoms with E-state index in [4.69, 9.17) is 0 Å². The Bertz CT molecular complexity index is 476. The third kappa shape index (κ3) is 5.58. The molecule has 1 saturated heterocycles. The first-order valence-electron chi connectivity index (χ1n) is 7.04. The minimum atomic E-state index is 0.